The van der Waals surface area contributed by atoms with Gasteiger partial charge in [-0.15, -0.1) is 0 Å². The van der Waals surface area contributed by atoms with Crippen molar-refractivity contribution >= 4 is 49.1 Å². The molecule has 2 aromatic carbocycles. The monoisotopic (exact) mass is 448 g/mol. The number of hydrazine groups is 1. The van der Waals surface area contributed by atoms with Gasteiger partial charge in [-0.1, -0.05) is 45.7 Å². The predicted molar refractivity (Wildman–Crippen MR) is 103 cm³/mol. The molecule has 0 aliphatic carbocycles. The zero-order valence-corrected chi connectivity index (χ0v) is 16.8. The maximum atomic E-state index is 13.1. The molecule has 0 radical (unpaired) electrons. The van der Waals surface area contributed by atoms with Crippen LogP contribution in [0.2, 0.25) is 0 Å². The molecule has 2 aliphatic rings. The van der Waals surface area contributed by atoms with Crippen molar-refractivity contribution in [2.24, 2.45) is 5.41 Å². The molecule has 5 heteroatoms. The molecule has 2 aliphatic heterocycles. The van der Waals surface area contributed by atoms with Gasteiger partial charge in [0, 0.05) is 14.4 Å². The Labute approximate surface area is 158 Å². The topological polar surface area (TPSA) is 23.6 Å². The first-order valence-electron chi connectivity index (χ1n) is 8.04. The smallest absolute Gasteiger partial charge is 0.247 e. The molecule has 1 amide bonds. The molecule has 0 aromatic heterocycles. The minimum Gasteiger partial charge on any atom is -0.272 e. The van der Waals surface area contributed by atoms with Crippen LogP contribution in [0.25, 0.3) is 0 Å². The van der Waals surface area contributed by atoms with Gasteiger partial charge in [0.05, 0.1) is 17.4 Å². The van der Waals surface area contributed by atoms with E-state index in [4.69, 9.17) is 0 Å². The molecule has 1 fully saturated rings. The van der Waals surface area contributed by atoms with Crippen LogP contribution < -0.4 is 5.01 Å². The van der Waals surface area contributed by atoms with Crippen molar-refractivity contribution in [2.45, 2.75) is 32.7 Å². The van der Waals surface area contributed by atoms with E-state index in [-0.39, 0.29) is 17.4 Å². The van der Waals surface area contributed by atoms with Crippen LogP contribution in [-0.2, 0) is 11.2 Å². The zero-order chi connectivity index (χ0) is 17.1. The second-order valence-electron chi connectivity index (χ2n) is 7.16. The van der Waals surface area contributed by atoms with Crippen molar-refractivity contribution in [3.63, 3.8) is 0 Å². The summed E-state index contributed by atoms with van der Waals surface area (Å²) in [6.45, 7) is 4.10. The molecule has 3 nitrogen and oxygen atoms in total. The molecule has 2 heterocycles. The highest BCUT2D eigenvalue weighted by molar-refractivity contribution is 9.10. The summed E-state index contributed by atoms with van der Waals surface area (Å²) in [5.41, 5.74) is 3.05. The summed E-state index contributed by atoms with van der Waals surface area (Å²) < 4.78 is 2.11. The van der Waals surface area contributed by atoms with E-state index < -0.39 is 0 Å². The van der Waals surface area contributed by atoms with Crippen LogP contribution in [0.4, 0.5) is 11.4 Å². The van der Waals surface area contributed by atoms with Gasteiger partial charge in [-0.05, 0) is 60.9 Å². The lowest BCUT2D eigenvalue weighted by Crippen LogP contribution is -2.50. The molecule has 4 rings (SSSR count). The Hall–Kier alpha value is -1.33. The first-order valence-corrected chi connectivity index (χ1v) is 9.63. The number of rotatable bonds is 1. The minimum absolute atomic E-state index is 0.198. The number of hydrogen-bond donors (Lipinski definition) is 0. The van der Waals surface area contributed by atoms with Crippen LogP contribution in [0.1, 0.15) is 25.8 Å². The number of carbonyl (C=O) groups excluding carboxylic acids is 1. The van der Waals surface area contributed by atoms with Gasteiger partial charge in [0.2, 0.25) is 5.91 Å². The summed E-state index contributed by atoms with van der Waals surface area (Å²) in [5.74, 6) is 0.198. The predicted octanol–water partition coefficient (Wildman–Crippen LogP) is 5.45. The molecular weight excluding hydrogens is 432 g/mol. The highest BCUT2D eigenvalue weighted by Crippen LogP contribution is 2.46. The maximum Gasteiger partial charge on any atom is 0.247 e. The van der Waals surface area contributed by atoms with Crippen molar-refractivity contribution in [1.29, 1.82) is 0 Å². The van der Waals surface area contributed by atoms with Gasteiger partial charge in [0.15, 0.2) is 0 Å². The van der Waals surface area contributed by atoms with Gasteiger partial charge < -0.3 is 0 Å². The van der Waals surface area contributed by atoms with Crippen LogP contribution in [0, 0.1) is 5.41 Å². The van der Waals surface area contributed by atoms with Crippen molar-refractivity contribution in [3.05, 3.63) is 57.0 Å². The van der Waals surface area contributed by atoms with Crippen LogP contribution in [-0.4, -0.2) is 17.0 Å². The number of carbonyl (C=O) groups is 1. The van der Waals surface area contributed by atoms with Crippen molar-refractivity contribution < 1.29 is 4.79 Å². The third kappa shape index (κ3) is 2.49. The Kier molecular flexibility index (Phi) is 3.77. The zero-order valence-electron chi connectivity index (χ0n) is 13.6. The Balaban J connectivity index is 1.89. The maximum absolute atomic E-state index is 13.1. The molecule has 0 N–H and O–H groups in total. The summed E-state index contributed by atoms with van der Waals surface area (Å²) >= 11 is 7.07. The Bertz CT molecular complexity index is 817. The molecular formula is C19H18Br2N2O. The normalized spacial score (nSPS) is 21.7. The van der Waals surface area contributed by atoms with Crippen molar-refractivity contribution in [2.75, 3.05) is 5.01 Å². The number of amides is 1. The molecule has 0 spiro atoms. The van der Waals surface area contributed by atoms with E-state index in [1.807, 2.05) is 37.1 Å². The van der Waals surface area contributed by atoms with E-state index in [0.717, 1.165) is 33.2 Å². The highest BCUT2D eigenvalue weighted by Gasteiger charge is 2.50. The molecule has 24 heavy (non-hydrogen) atoms. The number of hydrogen-bond acceptors (Lipinski definition) is 2. The average molecular weight is 450 g/mol. The van der Waals surface area contributed by atoms with E-state index in [0.29, 0.717) is 0 Å². The Morgan fingerprint density at radius 3 is 2.42 bits per heavy atom. The molecule has 0 bridgehead atoms. The van der Waals surface area contributed by atoms with Gasteiger partial charge in [0.25, 0.3) is 0 Å². The Morgan fingerprint density at radius 1 is 1.04 bits per heavy atom. The lowest BCUT2D eigenvalue weighted by molar-refractivity contribution is -0.135. The van der Waals surface area contributed by atoms with E-state index in [1.165, 1.54) is 5.56 Å². The summed E-state index contributed by atoms with van der Waals surface area (Å²) in [7, 11) is 0. The molecule has 1 unspecified atom stereocenters. The van der Waals surface area contributed by atoms with Crippen molar-refractivity contribution in [3.8, 4) is 0 Å². The van der Waals surface area contributed by atoms with Crippen LogP contribution in [0.5, 0.6) is 0 Å². The van der Waals surface area contributed by atoms with Crippen molar-refractivity contribution in [1.82, 2.24) is 5.01 Å². The number of halogens is 2. The van der Waals surface area contributed by atoms with Crippen LogP contribution in [0.3, 0.4) is 0 Å². The van der Waals surface area contributed by atoms with E-state index in [9.17, 15) is 4.79 Å². The highest BCUT2D eigenvalue weighted by atomic mass is 79.9. The second kappa shape index (κ2) is 5.60. The van der Waals surface area contributed by atoms with Gasteiger partial charge >= 0.3 is 0 Å². The molecule has 1 saturated heterocycles. The summed E-state index contributed by atoms with van der Waals surface area (Å²) in [5, 5.41) is 4.07. The fourth-order valence-corrected chi connectivity index (χ4v) is 4.46. The third-order valence-electron chi connectivity index (χ3n) is 4.89. The Morgan fingerprint density at radius 2 is 1.71 bits per heavy atom. The quantitative estimate of drug-likeness (QED) is 0.578. The largest absolute Gasteiger partial charge is 0.272 e. The van der Waals surface area contributed by atoms with Gasteiger partial charge in [-0.2, -0.15) is 0 Å². The van der Waals surface area contributed by atoms with Gasteiger partial charge in [0.1, 0.15) is 0 Å². The lowest BCUT2D eigenvalue weighted by atomic mass is 9.88. The van der Waals surface area contributed by atoms with Gasteiger partial charge in [-0.25, -0.2) is 5.01 Å². The molecule has 1 atom stereocenters. The number of nitrogens with zero attached hydrogens (tertiary/aromatic N) is 2. The number of benzene rings is 2. The SMILES string of the molecule is CC1(C)CC2Cc3cc(Br)ccc3N(c3ccc(Br)cc3)N2C1=O. The molecule has 2 aromatic rings. The third-order valence-corrected chi connectivity index (χ3v) is 5.91. The van der Waals surface area contributed by atoms with E-state index in [2.05, 4.69) is 61.1 Å². The fraction of sp³-hybridized carbons (Fsp3) is 0.316. The van der Waals surface area contributed by atoms with E-state index >= 15 is 0 Å². The summed E-state index contributed by atoms with van der Waals surface area (Å²) in [4.78, 5) is 13.1. The summed E-state index contributed by atoms with van der Waals surface area (Å²) in [6, 6.07) is 14.7. The van der Waals surface area contributed by atoms with E-state index in [1.54, 1.807) is 0 Å². The number of fused-ring (bicyclic) bond motifs is 2. The average Bonchev–Trinajstić information content (AvgIpc) is 2.75. The fourth-order valence-electron chi connectivity index (χ4n) is 3.79. The standard InChI is InChI=1S/C19H18Br2N2O/c1-19(2)11-16-10-12-9-14(21)5-8-17(12)22(23(16)18(19)24)15-6-3-13(20)4-7-15/h3-9,16H,10-11H2,1-2H3. The summed E-state index contributed by atoms with van der Waals surface area (Å²) in [6.07, 6.45) is 1.78. The second-order valence-corrected chi connectivity index (χ2v) is 8.99. The first kappa shape index (κ1) is 16.2. The van der Waals surface area contributed by atoms with Crippen LogP contribution in [0.15, 0.2) is 51.4 Å². The first-order chi connectivity index (χ1) is 11.4. The number of anilines is 2. The molecule has 0 saturated carbocycles. The van der Waals surface area contributed by atoms with Crippen LogP contribution >= 0.6 is 31.9 Å². The molecule has 124 valence electrons. The lowest BCUT2D eigenvalue weighted by Gasteiger charge is -2.43. The minimum atomic E-state index is -0.322. The van der Waals surface area contributed by atoms with Gasteiger partial charge in [-0.3, -0.25) is 9.80 Å².